The average Bonchev–Trinajstić information content (AvgIpc) is 3.18. The van der Waals surface area contributed by atoms with E-state index in [1.807, 2.05) is 34.5 Å². The highest BCUT2D eigenvalue weighted by molar-refractivity contribution is 7.97. The number of guanidine groups is 1. The molecular formula is C17H20FN5S2. The molecule has 25 heavy (non-hydrogen) atoms. The van der Waals surface area contributed by atoms with Crippen molar-refractivity contribution in [3.63, 3.8) is 0 Å². The Morgan fingerprint density at radius 3 is 2.92 bits per heavy atom. The number of hydrogen-bond acceptors (Lipinski definition) is 4. The third-order valence-electron chi connectivity index (χ3n) is 3.72. The van der Waals surface area contributed by atoms with Crippen molar-refractivity contribution in [2.45, 2.75) is 18.8 Å². The first kappa shape index (κ1) is 17.8. The van der Waals surface area contributed by atoms with Gasteiger partial charge in [0.25, 0.3) is 0 Å². The monoisotopic (exact) mass is 377 g/mol. The molecule has 0 unspecified atom stereocenters. The van der Waals surface area contributed by atoms with Crippen LogP contribution in [-0.4, -0.2) is 28.6 Å². The van der Waals surface area contributed by atoms with Gasteiger partial charge in [0.2, 0.25) is 0 Å². The quantitative estimate of drug-likeness (QED) is 0.511. The van der Waals surface area contributed by atoms with E-state index in [0.29, 0.717) is 19.0 Å². The van der Waals surface area contributed by atoms with Crippen molar-refractivity contribution in [3.8, 4) is 0 Å². The third kappa shape index (κ3) is 4.52. The van der Waals surface area contributed by atoms with Crippen LogP contribution in [0, 0.1) is 5.82 Å². The molecule has 0 aliphatic rings. The van der Waals surface area contributed by atoms with Crippen molar-refractivity contribution < 1.29 is 4.39 Å². The van der Waals surface area contributed by atoms with E-state index in [-0.39, 0.29) is 5.82 Å². The van der Waals surface area contributed by atoms with Gasteiger partial charge in [-0.2, -0.15) is 11.8 Å². The number of imidazole rings is 1. The molecule has 0 saturated heterocycles. The highest BCUT2D eigenvalue weighted by atomic mass is 32.2. The van der Waals surface area contributed by atoms with E-state index in [0.717, 1.165) is 27.5 Å². The Balaban J connectivity index is 1.58. The van der Waals surface area contributed by atoms with Crippen LogP contribution in [0.2, 0.25) is 0 Å². The summed E-state index contributed by atoms with van der Waals surface area (Å²) < 4.78 is 15.4. The number of aromatic nitrogens is 2. The number of nitrogens with zero attached hydrogens (tertiary/aromatic N) is 3. The molecule has 3 aromatic rings. The van der Waals surface area contributed by atoms with E-state index in [1.165, 1.54) is 6.07 Å². The van der Waals surface area contributed by atoms with Gasteiger partial charge in [0, 0.05) is 37.1 Å². The summed E-state index contributed by atoms with van der Waals surface area (Å²) in [6, 6.07) is 4.92. The average molecular weight is 378 g/mol. The third-order valence-corrected chi connectivity index (χ3v) is 5.09. The standard InChI is InChI=1S/C17H20FN5S2/c1-19-16(21-9-15-10-23-5-6-25-17(23)22-15)20-8-12-3-4-14(18)7-13(12)11-24-2/h3-7,10H,8-9,11H2,1-2H3,(H2,19,20,21). The number of thiazole rings is 1. The molecule has 1 aromatic carbocycles. The van der Waals surface area contributed by atoms with Crippen molar-refractivity contribution in [1.29, 1.82) is 0 Å². The number of fused-ring (bicyclic) bond motifs is 1. The number of nitrogens with one attached hydrogen (secondary N) is 2. The molecule has 0 spiro atoms. The van der Waals surface area contributed by atoms with E-state index in [1.54, 1.807) is 36.2 Å². The molecular weight excluding hydrogens is 357 g/mol. The Labute approximate surface area is 154 Å². The molecule has 0 aliphatic heterocycles. The molecule has 0 radical (unpaired) electrons. The smallest absolute Gasteiger partial charge is 0.193 e. The molecule has 0 amide bonds. The SMILES string of the molecule is CN=C(NCc1cn2ccsc2n1)NCc1ccc(F)cc1CSC. The normalized spacial score (nSPS) is 11.9. The molecule has 8 heteroatoms. The van der Waals surface area contributed by atoms with Gasteiger partial charge >= 0.3 is 0 Å². The number of hydrogen-bond donors (Lipinski definition) is 2. The molecule has 5 nitrogen and oxygen atoms in total. The summed E-state index contributed by atoms with van der Waals surface area (Å²) in [5, 5.41) is 8.54. The van der Waals surface area contributed by atoms with Gasteiger partial charge in [-0.1, -0.05) is 6.07 Å². The van der Waals surface area contributed by atoms with Crippen LogP contribution in [0.4, 0.5) is 4.39 Å². The maximum absolute atomic E-state index is 13.4. The number of benzene rings is 1. The molecule has 2 N–H and O–H groups in total. The van der Waals surface area contributed by atoms with Gasteiger partial charge < -0.3 is 10.6 Å². The predicted molar refractivity (Wildman–Crippen MR) is 104 cm³/mol. The van der Waals surface area contributed by atoms with Crippen molar-refractivity contribution in [2.75, 3.05) is 13.3 Å². The first-order valence-corrected chi connectivity index (χ1v) is 10.1. The fraction of sp³-hybridized carbons (Fsp3) is 0.294. The Hall–Kier alpha value is -2.06. The minimum atomic E-state index is -0.199. The summed E-state index contributed by atoms with van der Waals surface area (Å²) in [6.45, 7) is 1.18. The molecule has 2 heterocycles. The van der Waals surface area contributed by atoms with E-state index < -0.39 is 0 Å². The Morgan fingerprint density at radius 2 is 2.16 bits per heavy atom. The van der Waals surface area contributed by atoms with Gasteiger partial charge in [-0.15, -0.1) is 11.3 Å². The fourth-order valence-corrected chi connectivity index (χ4v) is 3.79. The minimum Gasteiger partial charge on any atom is -0.352 e. The first-order chi connectivity index (χ1) is 12.2. The lowest BCUT2D eigenvalue weighted by Crippen LogP contribution is -2.36. The summed E-state index contributed by atoms with van der Waals surface area (Å²) in [6.07, 6.45) is 6.01. The van der Waals surface area contributed by atoms with Crippen LogP contribution in [0.5, 0.6) is 0 Å². The minimum absolute atomic E-state index is 0.199. The van der Waals surface area contributed by atoms with E-state index in [4.69, 9.17) is 0 Å². The second-order valence-corrected chi connectivity index (χ2v) is 7.19. The molecule has 0 atom stereocenters. The number of aliphatic imine (C=N–C) groups is 1. The predicted octanol–water partition coefficient (Wildman–Crippen LogP) is 3.26. The van der Waals surface area contributed by atoms with Crippen LogP contribution >= 0.6 is 23.1 Å². The summed E-state index contributed by atoms with van der Waals surface area (Å²) >= 11 is 3.29. The highest BCUT2D eigenvalue weighted by Gasteiger charge is 2.07. The van der Waals surface area contributed by atoms with Crippen LogP contribution in [0.25, 0.3) is 4.96 Å². The molecule has 0 aliphatic carbocycles. The van der Waals surface area contributed by atoms with Gasteiger partial charge in [0.15, 0.2) is 10.9 Å². The summed E-state index contributed by atoms with van der Waals surface area (Å²) in [7, 11) is 1.73. The van der Waals surface area contributed by atoms with Gasteiger partial charge in [-0.05, 0) is 29.5 Å². The van der Waals surface area contributed by atoms with Crippen LogP contribution in [-0.2, 0) is 18.8 Å². The van der Waals surface area contributed by atoms with E-state index in [9.17, 15) is 4.39 Å². The Kier molecular flexibility index (Phi) is 5.93. The molecule has 0 saturated carbocycles. The molecule has 0 fully saturated rings. The summed E-state index contributed by atoms with van der Waals surface area (Å²) in [5.74, 6) is 1.28. The topological polar surface area (TPSA) is 53.7 Å². The van der Waals surface area contributed by atoms with Gasteiger partial charge in [-0.25, -0.2) is 9.37 Å². The second kappa shape index (κ2) is 8.35. The zero-order valence-electron chi connectivity index (χ0n) is 14.1. The molecule has 132 valence electrons. The van der Waals surface area contributed by atoms with Crippen molar-refractivity contribution in [3.05, 3.63) is 58.6 Å². The maximum Gasteiger partial charge on any atom is 0.193 e. The van der Waals surface area contributed by atoms with Crippen molar-refractivity contribution in [1.82, 2.24) is 20.0 Å². The zero-order chi connectivity index (χ0) is 17.6. The van der Waals surface area contributed by atoms with Crippen LogP contribution in [0.3, 0.4) is 0 Å². The van der Waals surface area contributed by atoms with Gasteiger partial charge in [0.1, 0.15) is 5.82 Å². The summed E-state index contributed by atoms with van der Waals surface area (Å²) in [4.78, 5) is 9.75. The van der Waals surface area contributed by atoms with Crippen LogP contribution < -0.4 is 10.6 Å². The number of thioether (sulfide) groups is 1. The molecule has 0 bridgehead atoms. The zero-order valence-corrected chi connectivity index (χ0v) is 15.8. The van der Waals surface area contributed by atoms with Crippen LogP contribution in [0.1, 0.15) is 16.8 Å². The van der Waals surface area contributed by atoms with E-state index in [2.05, 4.69) is 20.6 Å². The van der Waals surface area contributed by atoms with Crippen molar-refractivity contribution >= 4 is 34.0 Å². The first-order valence-electron chi connectivity index (χ1n) is 7.81. The fourth-order valence-electron chi connectivity index (χ4n) is 2.49. The van der Waals surface area contributed by atoms with Crippen LogP contribution in [0.15, 0.2) is 41.0 Å². The Morgan fingerprint density at radius 1 is 1.32 bits per heavy atom. The second-order valence-electron chi connectivity index (χ2n) is 5.45. The lowest BCUT2D eigenvalue weighted by molar-refractivity contribution is 0.625. The largest absolute Gasteiger partial charge is 0.352 e. The number of halogens is 1. The number of rotatable bonds is 6. The maximum atomic E-state index is 13.4. The van der Waals surface area contributed by atoms with Crippen molar-refractivity contribution in [2.24, 2.45) is 4.99 Å². The van der Waals surface area contributed by atoms with Gasteiger partial charge in [-0.3, -0.25) is 9.39 Å². The lowest BCUT2D eigenvalue weighted by Gasteiger charge is -2.13. The molecule has 2 aromatic heterocycles. The highest BCUT2D eigenvalue weighted by Crippen LogP contribution is 2.16. The Bertz CT molecular complexity index is 842. The lowest BCUT2D eigenvalue weighted by atomic mass is 10.1. The van der Waals surface area contributed by atoms with Gasteiger partial charge in [0.05, 0.1) is 12.2 Å². The molecule has 3 rings (SSSR count). The van der Waals surface area contributed by atoms with E-state index >= 15 is 0 Å². The summed E-state index contributed by atoms with van der Waals surface area (Å²) in [5.41, 5.74) is 3.03.